The summed E-state index contributed by atoms with van der Waals surface area (Å²) in [4.78, 5) is 10.3. The zero-order chi connectivity index (χ0) is 5.86. The van der Waals surface area contributed by atoms with Gasteiger partial charge in [-0.3, -0.25) is 4.79 Å². The molecule has 2 nitrogen and oxygen atoms in total. The van der Waals surface area contributed by atoms with Crippen molar-refractivity contribution in [1.82, 2.24) is 0 Å². The molecule has 0 atom stereocenters. The largest absolute Gasteiger partial charge is 0.389 e. The Morgan fingerprint density at radius 2 is 2.14 bits per heavy atom. The highest BCUT2D eigenvalue weighted by Crippen LogP contribution is 1.90. The average molecular weight is 104 g/mol. The number of carbonyl (C=O) groups excluding carboxylic acids is 1. The molecule has 0 amide bonds. The van der Waals surface area contributed by atoms with Gasteiger partial charge in [-0.15, -0.1) is 0 Å². The highest BCUT2D eigenvalue weighted by Gasteiger charge is 2.02. The molecule has 2 heteroatoms. The van der Waals surface area contributed by atoms with Crippen molar-refractivity contribution in [2.24, 2.45) is 5.92 Å². The van der Waals surface area contributed by atoms with Crippen LogP contribution >= 0.6 is 0 Å². The van der Waals surface area contributed by atoms with Crippen molar-refractivity contribution in [3.63, 3.8) is 0 Å². The first kappa shape index (κ1) is 6.63. The molecule has 0 aliphatic rings. The van der Waals surface area contributed by atoms with Crippen LogP contribution in [0.2, 0.25) is 0 Å². The summed E-state index contributed by atoms with van der Waals surface area (Å²) in [5.41, 5.74) is 0. The lowest BCUT2D eigenvalue weighted by Gasteiger charge is -1.95. The van der Waals surface area contributed by atoms with E-state index in [1.165, 1.54) is 0 Å². The third kappa shape index (κ3) is 2.34. The second-order valence-electron chi connectivity index (χ2n) is 1.78. The van der Waals surface area contributed by atoms with E-state index >= 15 is 0 Å². The molecule has 0 spiro atoms. The molecule has 7 heavy (non-hydrogen) atoms. The summed E-state index contributed by atoms with van der Waals surface area (Å²) in [5, 5.41) is 8.16. The minimum absolute atomic E-state index is 0.0231. The number of aliphatic hydroxyl groups is 1. The van der Waals surface area contributed by atoms with Gasteiger partial charge in [0.05, 0.1) is 0 Å². The van der Waals surface area contributed by atoms with E-state index in [4.69, 9.17) is 5.11 Å². The minimum atomic E-state index is -0.322. The number of hydrogen-bond donors (Lipinski definition) is 1. The van der Waals surface area contributed by atoms with Crippen molar-refractivity contribution in [1.29, 1.82) is 0 Å². The monoisotopic (exact) mass is 104 g/mol. The standard InChI is InChI=1S/C5H10O2/c1-4(2)5(7)3-6/h4,6H,3H2,1-2H3/i3+2. The van der Waals surface area contributed by atoms with Crippen molar-refractivity contribution in [2.45, 2.75) is 13.8 Å². The van der Waals surface area contributed by atoms with Gasteiger partial charge in [-0.2, -0.15) is 0 Å². The summed E-state index contributed by atoms with van der Waals surface area (Å²) >= 11 is 0. The van der Waals surface area contributed by atoms with E-state index in [0.717, 1.165) is 0 Å². The maximum Gasteiger partial charge on any atom is 0.160 e. The first-order valence-corrected chi connectivity index (χ1v) is 2.32. The van der Waals surface area contributed by atoms with Gasteiger partial charge in [-0.1, -0.05) is 13.8 Å². The molecule has 0 aliphatic heterocycles. The van der Waals surface area contributed by atoms with Crippen LogP contribution in [-0.4, -0.2) is 17.5 Å². The molecule has 0 saturated carbocycles. The van der Waals surface area contributed by atoms with Gasteiger partial charge in [-0.05, 0) is 0 Å². The van der Waals surface area contributed by atoms with Crippen molar-refractivity contribution < 1.29 is 9.90 Å². The van der Waals surface area contributed by atoms with Gasteiger partial charge in [-0.25, -0.2) is 0 Å². The second kappa shape index (κ2) is 2.75. The van der Waals surface area contributed by atoms with Crippen LogP contribution in [-0.2, 0) is 4.79 Å². The molecule has 0 bridgehead atoms. The van der Waals surface area contributed by atoms with E-state index in [1.807, 2.05) is 0 Å². The van der Waals surface area contributed by atoms with Crippen molar-refractivity contribution in [3.8, 4) is 0 Å². The first-order chi connectivity index (χ1) is 3.18. The average Bonchev–Trinajstić information content (AvgIpc) is 1.65. The normalized spacial score (nSPS) is 9.71. The summed E-state index contributed by atoms with van der Waals surface area (Å²) < 4.78 is 0. The smallest absolute Gasteiger partial charge is 0.160 e. The topological polar surface area (TPSA) is 37.3 Å². The zero-order valence-electron chi connectivity index (χ0n) is 4.64. The Morgan fingerprint density at radius 3 is 2.14 bits per heavy atom. The van der Waals surface area contributed by atoms with E-state index in [0.29, 0.717) is 0 Å². The van der Waals surface area contributed by atoms with Crippen molar-refractivity contribution >= 4 is 5.78 Å². The van der Waals surface area contributed by atoms with Gasteiger partial charge in [0.1, 0.15) is 6.61 Å². The van der Waals surface area contributed by atoms with Crippen LogP contribution in [0.15, 0.2) is 0 Å². The molecule has 0 saturated heterocycles. The van der Waals surface area contributed by atoms with E-state index in [2.05, 4.69) is 0 Å². The quantitative estimate of drug-likeness (QED) is 0.543. The number of hydrogen-bond acceptors (Lipinski definition) is 2. The third-order valence-electron chi connectivity index (χ3n) is 0.800. The summed E-state index contributed by atoms with van der Waals surface area (Å²) in [5.74, 6) is -0.120. The second-order valence-corrected chi connectivity index (χ2v) is 1.78. The first-order valence-electron chi connectivity index (χ1n) is 2.32. The molecule has 0 rings (SSSR count). The fourth-order valence-electron chi connectivity index (χ4n) is 0.183. The summed E-state index contributed by atoms with van der Waals surface area (Å²) in [7, 11) is 0. The molecule has 0 aromatic carbocycles. The molecule has 0 fully saturated rings. The van der Waals surface area contributed by atoms with Crippen LogP contribution in [0.1, 0.15) is 13.8 Å². The number of ketones is 1. The molecular weight excluding hydrogens is 94.0 g/mol. The Balaban J connectivity index is 3.35. The predicted octanol–water partition coefficient (Wildman–Crippen LogP) is 0.204. The van der Waals surface area contributed by atoms with Gasteiger partial charge in [0, 0.05) is 5.92 Å². The number of rotatable bonds is 2. The van der Waals surface area contributed by atoms with E-state index in [1.54, 1.807) is 13.8 Å². The van der Waals surface area contributed by atoms with Crippen LogP contribution in [0.4, 0.5) is 0 Å². The lowest BCUT2D eigenvalue weighted by atomic mass is 10.2. The summed E-state index contributed by atoms with van der Waals surface area (Å²) in [6, 6.07) is 0. The number of aliphatic hydroxyl groups excluding tert-OH is 1. The van der Waals surface area contributed by atoms with Gasteiger partial charge >= 0.3 is 0 Å². The molecule has 0 aliphatic carbocycles. The molecule has 42 valence electrons. The number of carbonyl (C=O) groups is 1. The summed E-state index contributed by atoms with van der Waals surface area (Å²) in [6.07, 6.45) is 0. The van der Waals surface area contributed by atoms with Gasteiger partial charge < -0.3 is 5.11 Å². The van der Waals surface area contributed by atoms with Crippen molar-refractivity contribution in [2.75, 3.05) is 6.61 Å². The fraction of sp³-hybridized carbons (Fsp3) is 0.800. The van der Waals surface area contributed by atoms with Crippen LogP contribution in [0, 0.1) is 5.92 Å². The van der Waals surface area contributed by atoms with E-state index in [-0.39, 0.29) is 18.3 Å². The Bertz CT molecular complexity index is 66.5. The highest BCUT2D eigenvalue weighted by molar-refractivity contribution is 5.81. The Hall–Kier alpha value is -0.370. The van der Waals surface area contributed by atoms with Gasteiger partial charge in [0.2, 0.25) is 0 Å². The SMILES string of the molecule is CC(C)C(=O)[14CH2]O. The zero-order valence-corrected chi connectivity index (χ0v) is 4.64. The molecule has 0 heterocycles. The molecule has 0 radical (unpaired) electrons. The lowest BCUT2D eigenvalue weighted by molar-refractivity contribution is -0.124. The predicted molar refractivity (Wildman–Crippen MR) is 26.9 cm³/mol. The van der Waals surface area contributed by atoms with Gasteiger partial charge in [0.25, 0.3) is 0 Å². The van der Waals surface area contributed by atoms with Crippen molar-refractivity contribution in [3.05, 3.63) is 0 Å². The molecular formula is C5H10O2. The minimum Gasteiger partial charge on any atom is -0.389 e. The molecule has 1 N–H and O–H groups in total. The molecule has 0 unspecified atom stereocenters. The summed E-state index contributed by atoms with van der Waals surface area (Å²) in [6.45, 7) is 3.20. The Labute approximate surface area is 43.2 Å². The maximum absolute atomic E-state index is 10.3. The van der Waals surface area contributed by atoms with E-state index in [9.17, 15) is 4.79 Å². The number of Topliss-reactive ketones (excluding diaryl/α,β-unsaturated/α-hetero) is 1. The Kier molecular flexibility index (Phi) is 2.60. The third-order valence-corrected chi connectivity index (χ3v) is 0.800. The Morgan fingerprint density at radius 1 is 1.71 bits per heavy atom. The van der Waals surface area contributed by atoms with Gasteiger partial charge in [0.15, 0.2) is 5.78 Å². The molecule has 0 aromatic rings. The lowest BCUT2D eigenvalue weighted by Crippen LogP contribution is -2.10. The maximum atomic E-state index is 10.3. The van der Waals surface area contributed by atoms with Crippen LogP contribution < -0.4 is 0 Å². The van der Waals surface area contributed by atoms with E-state index < -0.39 is 0 Å². The van der Waals surface area contributed by atoms with Crippen LogP contribution in [0.25, 0.3) is 0 Å². The molecule has 0 aromatic heterocycles. The fourth-order valence-corrected chi connectivity index (χ4v) is 0.183. The van der Waals surface area contributed by atoms with Crippen LogP contribution in [0.3, 0.4) is 0 Å². The van der Waals surface area contributed by atoms with Crippen LogP contribution in [0.5, 0.6) is 0 Å². The highest BCUT2D eigenvalue weighted by atomic mass is 16.5.